The Morgan fingerprint density at radius 2 is 2.07 bits per heavy atom. The first kappa shape index (κ1) is 9.49. The predicted octanol–water partition coefficient (Wildman–Crippen LogP) is 1.21. The first-order valence-electron chi connectivity index (χ1n) is 5.35. The van der Waals surface area contributed by atoms with Gasteiger partial charge in [-0.3, -0.25) is 9.69 Å². The molecule has 0 aromatic rings. The van der Waals surface area contributed by atoms with Crippen molar-refractivity contribution >= 4 is 11.9 Å². The van der Waals surface area contributed by atoms with Crippen LogP contribution in [0.2, 0.25) is 0 Å². The Morgan fingerprint density at radius 3 is 2.64 bits per heavy atom. The minimum atomic E-state index is -0.0639. The van der Waals surface area contributed by atoms with Gasteiger partial charge < -0.3 is 4.90 Å². The predicted molar refractivity (Wildman–Crippen MR) is 51.7 cm³/mol. The van der Waals surface area contributed by atoms with Crippen LogP contribution in [-0.2, 0) is 4.79 Å². The summed E-state index contributed by atoms with van der Waals surface area (Å²) in [6, 6.07) is 0.295. The Labute approximate surface area is 83.9 Å². The normalized spacial score (nSPS) is 22.4. The second-order valence-corrected chi connectivity index (χ2v) is 4.04. The number of imide groups is 1. The summed E-state index contributed by atoms with van der Waals surface area (Å²) >= 11 is 0. The van der Waals surface area contributed by atoms with Crippen LogP contribution in [0.1, 0.15) is 32.6 Å². The van der Waals surface area contributed by atoms with Gasteiger partial charge in [-0.15, -0.1) is 0 Å². The highest BCUT2D eigenvalue weighted by Crippen LogP contribution is 2.30. The fourth-order valence-corrected chi connectivity index (χ4v) is 1.77. The van der Waals surface area contributed by atoms with Crippen molar-refractivity contribution in [3.63, 3.8) is 0 Å². The number of hydrogen-bond acceptors (Lipinski definition) is 2. The minimum Gasteiger partial charge on any atom is -0.312 e. The molecule has 0 aromatic heterocycles. The zero-order valence-corrected chi connectivity index (χ0v) is 8.53. The number of urea groups is 1. The van der Waals surface area contributed by atoms with E-state index in [9.17, 15) is 9.59 Å². The van der Waals surface area contributed by atoms with Gasteiger partial charge in [0.05, 0.1) is 0 Å². The molecule has 4 nitrogen and oxygen atoms in total. The van der Waals surface area contributed by atoms with E-state index in [-0.39, 0.29) is 11.9 Å². The van der Waals surface area contributed by atoms with Crippen molar-refractivity contribution in [2.75, 3.05) is 13.1 Å². The molecule has 0 atom stereocenters. The number of amides is 3. The molecule has 78 valence electrons. The first-order valence-corrected chi connectivity index (χ1v) is 5.35. The van der Waals surface area contributed by atoms with Crippen LogP contribution in [0.5, 0.6) is 0 Å². The van der Waals surface area contributed by atoms with Crippen LogP contribution < -0.4 is 0 Å². The summed E-state index contributed by atoms with van der Waals surface area (Å²) < 4.78 is 0. The van der Waals surface area contributed by atoms with E-state index < -0.39 is 0 Å². The van der Waals surface area contributed by atoms with Crippen molar-refractivity contribution in [1.29, 1.82) is 0 Å². The molecular formula is C10H16N2O2. The van der Waals surface area contributed by atoms with Crippen molar-refractivity contribution in [1.82, 2.24) is 9.80 Å². The third-order valence-corrected chi connectivity index (χ3v) is 2.81. The Balaban J connectivity index is 1.96. The Hall–Kier alpha value is -1.06. The van der Waals surface area contributed by atoms with Gasteiger partial charge in [0.15, 0.2) is 0 Å². The van der Waals surface area contributed by atoms with Crippen molar-refractivity contribution < 1.29 is 9.59 Å². The Bertz CT molecular complexity index is 261. The molecule has 1 saturated heterocycles. The Morgan fingerprint density at radius 1 is 1.36 bits per heavy atom. The average Bonchev–Trinajstić information content (AvgIpc) is 2.94. The van der Waals surface area contributed by atoms with Gasteiger partial charge >= 0.3 is 6.03 Å². The summed E-state index contributed by atoms with van der Waals surface area (Å²) in [6.07, 6.45) is 4.07. The number of hydrogen-bond donors (Lipinski definition) is 0. The zero-order valence-electron chi connectivity index (χ0n) is 8.53. The van der Waals surface area contributed by atoms with Gasteiger partial charge in [-0.25, -0.2) is 4.79 Å². The van der Waals surface area contributed by atoms with E-state index in [4.69, 9.17) is 0 Å². The van der Waals surface area contributed by atoms with E-state index in [0.717, 1.165) is 25.7 Å². The smallest absolute Gasteiger partial charge is 0.312 e. The summed E-state index contributed by atoms with van der Waals surface area (Å²) in [4.78, 5) is 26.4. The fraction of sp³-hybridized carbons (Fsp3) is 0.800. The molecule has 1 aliphatic heterocycles. The molecule has 14 heavy (non-hydrogen) atoms. The molecule has 0 N–H and O–H groups in total. The lowest BCUT2D eigenvalue weighted by Gasteiger charge is -2.15. The van der Waals surface area contributed by atoms with Crippen LogP contribution in [0.4, 0.5) is 4.79 Å². The monoisotopic (exact) mass is 196 g/mol. The molecule has 0 aromatic carbocycles. The van der Waals surface area contributed by atoms with E-state index in [0.29, 0.717) is 19.1 Å². The maximum absolute atomic E-state index is 11.7. The summed E-state index contributed by atoms with van der Waals surface area (Å²) in [6.45, 7) is 2.97. The van der Waals surface area contributed by atoms with Gasteiger partial charge in [0.25, 0.3) is 0 Å². The van der Waals surface area contributed by atoms with Crippen LogP contribution in [-0.4, -0.2) is 40.9 Å². The van der Waals surface area contributed by atoms with Crippen LogP contribution in [0.25, 0.3) is 0 Å². The average molecular weight is 196 g/mol. The quantitative estimate of drug-likeness (QED) is 0.634. The van der Waals surface area contributed by atoms with Crippen molar-refractivity contribution in [3.8, 4) is 0 Å². The molecule has 2 aliphatic rings. The van der Waals surface area contributed by atoms with E-state index in [1.54, 1.807) is 4.90 Å². The summed E-state index contributed by atoms with van der Waals surface area (Å²) in [5.74, 6) is -0.0182. The van der Waals surface area contributed by atoms with Gasteiger partial charge in [-0.1, -0.05) is 13.3 Å². The second kappa shape index (κ2) is 3.59. The van der Waals surface area contributed by atoms with Gasteiger partial charge in [0.2, 0.25) is 5.91 Å². The number of unbranched alkanes of at least 4 members (excludes halogenated alkanes) is 1. The van der Waals surface area contributed by atoms with Crippen LogP contribution in [0, 0.1) is 0 Å². The fourth-order valence-electron chi connectivity index (χ4n) is 1.77. The zero-order chi connectivity index (χ0) is 10.1. The molecule has 2 fully saturated rings. The number of nitrogens with zero attached hydrogens (tertiary/aromatic N) is 2. The van der Waals surface area contributed by atoms with Crippen molar-refractivity contribution in [2.45, 2.75) is 38.6 Å². The Kier molecular flexibility index (Phi) is 2.44. The molecule has 1 saturated carbocycles. The second-order valence-electron chi connectivity index (χ2n) is 4.04. The molecule has 1 aliphatic carbocycles. The first-order chi connectivity index (χ1) is 6.74. The number of carbonyl (C=O) groups is 2. The third kappa shape index (κ3) is 1.61. The molecule has 4 heteroatoms. The van der Waals surface area contributed by atoms with Gasteiger partial charge in [0.1, 0.15) is 6.54 Å². The maximum atomic E-state index is 11.7. The molecule has 0 bridgehead atoms. The van der Waals surface area contributed by atoms with Gasteiger partial charge in [0, 0.05) is 12.6 Å². The van der Waals surface area contributed by atoms with Crippen molar-refractivity contribution in [2.24, 2.45) is 0 Å². The minimum absolute atomic E-state index is 0.0182. The highest BCUT2D eigenvalue weighted by molar-refractivity contribution is 6.02. The topological polar surface area (TPSA) is 40.6 Å². The van der Waals surface area contributed by atoms with Crippen LogP contribution in [0.3, 0.4) is 0 Å². The largest absolute Gasteiger partial charge is 0.327 e. The SMILES string of the molecule is CCCCN1C(=O)CN(C2CC2)C1=O. The lowest BCUT2D eigenvalue weighted by molar-refractivity contribution is -0.125. The summed E-state index contributed by atoms with van der Waals surface area (Å²) in [7, 11) is 0. The molecule has 0 radical (unpaired) electrons. The molecule has 0 unspecified atom stereocenters. The van der Waals surface area contributed by atoms with Gasteiger partial charge in [-0.2, -0.15) is 0 Å². The number of rotatable bonds is 4. The van der Waals surface area contributed by atoms with E-state index in [1.165, 1.54) is 4.90 Å². The van der Waals surface area contributed by atoms with E-state index >= 15 is 0 Å². The van der Waals surface area contributed by atoms with Gasteiger partial charge in [-0.05, 0) is 19.3 Å². The highest BCUT2D eigenvalue weighted by Gasteiger charge is 2.43. The lowest BCUT2D eigenvalue weighted by Crippen LogP contribution is -2.34. The molecule has 1 heterocycles. The van der Waals surface area contributed by atoms with Crippen molar-refractivity contribution in [3.05, 3.63) is 0 Å². The van der Waals surface area contributed by atoms with E-state index in [2.05, 4.69) is 6.92 Å². The molecule has 2 rings (SSSR count). The molecule has 3 amide bonds. The third-order valence-electron chi connectivity index (χ3n) is 2.81. The maximum Gasteiger partial charge on any atom is 0.327 e. The van der Waals surface area contributed by atoms with Crippen LogP contribution in [0.15, 0.2) is 0 Å². The molecular weight excluding hydrogens is 180 g/mol. The van der Waals surface area contributed by atoms with E-state index in [1.807, 2.05) is 0 Å². The lowest BCUT2D eigenvalue weighted by atomic mass is 10.3. The standard InChI is InChI=1S/C10H16N2O2/c1-2-3-6-11-9(13)7-12(10(11)14)8-4-5-8/h8H,2-7H2,1H3. The highest BCUT2D eigenvalue weighted by atomic mass is 16.2. The van der Waals surface area contributed by atoms with Crippen LogP contribution >= 0.6 is 0 Å². The molecule has 0 spiro atoms. The number of carbonyl (C=O) groups excluding carboxylic acids is 2. The summed E-state index contributed by atoms with van der Waals surface area (Å²) in [5.41, 5.74) is 0. The summed E-state index contributed by atoms with van der Waals surface area (Å²) in [5, 5.41) is 0.